The Labute approximate surface area is 114 Å². The van der Waals surface area contributed by atoms with Gasteiger partial charge in [-0.3, -0.25) is 4.79 Å². The first-order chi connectivity index (χ1) is 8.56. The monoisotopic (exact) mass is 313 g/mol. The van der Waals surface area contributed by atoms with Gasteiger partial charge in [0.05, 0.1) is 5.56 Å². The summed E-state index contributed by atoms with van der Waals surface area (Å²) < 4.78 is 0. The minimum Gasteiger partial charge on any atom is -0.508 e. The summed E-state index contributed by atoms with van der Waals surface area (Å²) in [5, 5.41) is 21.7. The van der Waals surface area contributed by atoms with Gasteiger partial charge in [0.2, 0.25) is 0 Å². The molecule has 1 aromatic carbocycles. The van der Waals surface area contributed by atoms with Crippen molar-refractivity contribution < 1.29 is 15.0 Å². The molecule has 0 heterocycles. The fourth-order valence-electron chi connectivity index (χ4n) is 2.17. The maximum absolute atomic E-state index is 12.0. The molecule has 1 aliphatic carbocycles. The predicted molar refractivity (Wildman–Crippen MR) is 72.2 cm³/mol. The van der Waals surface area contributed by atoms with Crippen molar-refractivity contribution in [3.05, 3.63) is 23.8 Å². The molecule has 5 heteroatoms. The summed E-state index contributed by atoms with van der Waals surface area (Å²) in [5.74, 6) is -0.531. The zero-order valence-corrected chi connectivity index (χ0v) is 11.5. The fourth-order valence-corrected chi connectivity index (χ4v) is 2.70. The highest BCUT2D eigenvalue weighted by atomic mass is 79.9. The van der Waals surface area contributed by atoms with E-state index in [4.69, 9.17) is 0 Å². The van der Waals surface area contributed by atoms with Crippen LogP contribution < -0.4 is 5.32 Å². The Hall–Kier alpha value is -1.23. The maximum atomic E-state index is 12.0. The number of aromatic hydroxyl groups is 2. The number of carbonyl (C=O) groups is 1. The van der Waals surface area contributed by atoms with E-state index >= 15 is 0 Å². The summed E-state index contributed by atoms with van der Waals surface area (Å²) in [6.07, 6.45) is 3.99. The Morgan fingerprint density at radius 1 is 1.22 bits per heavy atom. The number of nitrogens with one attached hydrogen (secondary N) is 1. The summed E-state index contributed by atoms with van der Waals surface area (Å²) in [5.41, 5.74) is 0.203. The molecule has 4 nitrogen and oxygen atoms in total. The number of phenols is 2. The lowest BCUT2D eigenvalue weighted by Gasteiger charge is -2.26. The van der Waals surface area contributed by atoms with Gasteiger partial charge < -0.3 is 15.5 Å². The van der Waals surface area contributed by atoms with Gasteiger partial charge in [-0.15, -0.1) is 0 Å². The molecule has 3 N–H and O–H groups in total. The zero-order chi connectivity index (χ0) is 13.1. The highest BCUT2D eigenvalue weighted by Crippen LogP contribution is 2.26. The molecule has 98 valence electrons. The van der Waals surface area contributed by atoms with E-state index in [9.17, 15) is 15.0 Å². The number of hydrogen-bond acceptors (Lipinski definition) is 3. The van der Waals surface area contributed by atoms with E-state index in [2.05, 4.69) is 21.2 Å². The molecule has 0 unspecified atom stereocenters. The molecule has 1 saturated carbocycles. The number of carbonyl (C=O) groups excluding carboxylic acids is 1. The van der Waals surface area contributed by atoms with Gasteiger partial charge in [-0.05, 0) is 37.8 Å². The molecule has 0 aliphatic heterocycles. The van der Waals surface area contributed by atoms with Gasteiger partial charge in [-0.1, -0.05) is 15.9 Å². The topological polar surface area (TPSA) is 69.6 Å². The first-order valence-electron chi connectivity index (χ1n) is 6.03. The molecule has 0 aromatic heterocycles. The van der Waals surface area contributed by atoms with Crippen molar-refractivity contribution >= 4 is 21.8 Å². The first kappa shape index (κ1) is 13.2. The number of halogens is 1. The highest BCUT2D eigenvalue weighted by molar-refractivity contribution is 9.09. The van der Waals surface area contributed by atoms with Crippen LogP contribution in [0.5, 0.6) is 11.5 Å². The van der Waals surface area contributed by atoms with E-state index in [1.54, 1.807) is 0 Å². The van der Waals surface area contributed by atoms with E-state index in [0.717, 1.165) is 25.7 Å². The molecular formula is C13H16BrNO3. The number of benzene rings is 1. The van der Waals surface area contributed by atoms with Crippen LogP contribution in [0.3, 0.4) is 0 Å². The lowest BCUT2D eigenvalue weighted by molar-refractivity contribution is 0.0925. The molecular weight excluding hydrogens is 298 g/mol. The average molecular weight is 314 g/mol. The quantitative estimate of drug-likeness (QED) is 0.735. The van der Waals surface area contributed by atoms with Gasteiger partial charge in [-0.2, -0.15) is 0 Å². The van der Waals surface area contributed by atoms with Crippen LogP contribution in [0.4, 0.5) is 0 Å². The van der Waals surface area contributed by atoms with Gasteiger partial charge in [0.1, 0.15) is 11.5 Å². The lowest BCUT2D eigenvalue weighted by Crippen LogP contribution is -2.37. The summed E-state index contributed by atoms with van der Waals surface area (Å²) in [4.78, 5) is 12.5. The molecule has 0 spiro atoms. The van der Waals surface area contributed by atoms with Gasteiger partial charge in [0, 0.05) is 16.9 Å². The molecule has 1 aliphatic rings. The van der Waals surface area contributed by atoms with Crippen LogP contribution >= 0.6 is 15.9 Å². The maximum Gasteiger partial charge on any atom is 0.255 e. The Morgan fingerprint density at radius 2 is 1.89 bits per heavy atom. The number of amides is 1. The van der Waals surface area contributed by atoms with Crippen molar-refractivity contribution in [1.82, 2.24) is 5.32 Å². The smallest absolute Gasteiger partial charge is 0.255 e. The third-order valence-electron chi connectivity index (χ3n) is 3.22. The molecule has 0 radical (unpaired) electrons. The van der Waals surface area contributed by atoms with Gasteiger partial charge in [-0.25, -0.2) is 0 Å². The van der Waals surface area contributed by atoms with E-state index in [1.807, 2.05) is 0 Å². The zero-order valence-electron chi connectivity index (χ0n) is 9.90. The third-order valence-corrected chi connectivity index (χ3v) is 4.13. The molecule has 0 saturated heterocycles. The third kappa shape index (κ3) is 3.16. The molecule has 0 atom stereocenters. The molecule has 1 amide bonds. The molecule has 2 rings (SSSR count). The number of alkyl halides is 1. The summed E-state index contributed by atoms with van der Waals surface area (Å²) in [6.45, 7) is 0. The van der Waals surface area contributed by atoms with Crippen LogP contribution in [0.2, 0.25) is 0 Å². The predicted octanol–water partition coefficient (Wildman–Crippen LogP) is 2.53. The minimum absolute atomic E-state index is 0.0520. The SMILES string of the molecule is O=C(NC1CCC(Br)CC1)c1ccc(O)cc1O. The van der Waals surface area contributed by atoms with E-state index in [0.29, 0.717) is 4.83 Å². The largest absolute Gasteiger partial charge is 0.508 e. The molecule has 1 aromatic rings. The molecule has 0 bridgehead atoms. The Kier molecular flexibility index (Phi) is 4.11. The summed E-state index contributed by atoms with van der Waals surface area (Å²) >= 11 is 3.57. The second kappa shape index (κ2) is 5.61. The highest BCUT2D eigenvalue weighted by Gasteiger charge is 2.22. The fraction of sp³-hybridized carbons (Fsp3) is 0.462. The van der Waals surface area contributed by atoms with Crippen LogP contribution in [0.15, 0.2) is 18.2 Å². The second-order valence-electron chi connectivity index (χ2n) is 4.62. The second-order valence-corrected chi connectivity index (χ2v) is 5.92. The standard InChI is InChI=1S/C13H16BrNO3/c14-8-1-3-9(4-2-8)15-13(18)11-6-5-10(16)7-12(11)17/h5-9,16-17H,1-4H2,(H,15,18). The van der Waals surface area contributed by atoms with E-state index in [1.165, 1.54) is 18.2 Å². The van der Waals surface area contributed by atoms with Crippen molar-refractivity contribution in [2.24, 2.45) is 0 Å². The van der Waals surface area contributed by atoms with Crippen LogP contribution in [0, 0.1) is 0 Å². The van der Waals surface area contributed by atoms with Gasteiger partial charge >= 0.3 is 0 Å². The van der Waals surface area contributed by atoms with Crippen molar-refractivity contribution in [3.8, 4) is 11.5 Å². The average Bonchev–Trinajstić information content (AvgIpc) is 2.32. The normalized spacial score (nSPS) is 23.6. The number of hydrogen-bond donors (Lipinski definition) is 3. The number of rotatable bonds is 2. The van der Waals surface area contributed by atoms with Crippen molar-refractivity contribution in [2.45, 2.75) is 36.6 Å². The number of phenolic OH excluding ortho intramolecular Hbond substituents is 2. The Bertz CT molecular complexity index is 442. The van der Waals surface area contributed by atoms with Crippen molar-refractivity contribution in [3.63, 3.8) is 0 Å². The summed E-state index contributed by atoms with van der Waals surface area (Å²) in [6, 6.07) is 4.16. The van der Waals surface area contributed by atoms with Gasteiger partial charge in [0.25, 0.3) is 5.91 Å². The Balaban J connectivity index is 1.99. The Morgan fingerprint density at radius 3 is 2.50 bits per heavy atom. The van der Waals surface area contributed by atoms with Crippen LogP contribution in [-0.2, 0) is 0 Å². The van der Waals surface area contributed by atoms with E-state index in [-0.39, 0.29) is 29.0 Å². The minimum atomic E-state index is -0.287. The van der Waals surface area contributed by atoms with Crippen LogP contribution in [-0.4, -0.2) is 27.0 Å². The first-order valence-corrected chi connectivity index (χ1v) is 6.94. The van der Waals surface area contributed by atoms with Crippen LogP contribution in [0.25, 0.3) is 0 Å². The van der Waals surface area contributed by atoms with E-state index < -0.39 is 0 Å². The van der Waals surface area contributed by atoms with Gasteiger partial charge in [0.15, 0.2) is 0 Å². The lowest BCUT2D eigenvalue weighted by atomic mass is 9.95. The molecule has 1 fully saturated rings. The van der Waals surface area contributed by atoms with Crippen molar-refractivity contribution in [2.75, 3.05) is 0 Å². The molecule has 18 heavy (non-hydrogen) atoms. The summed E-state index contributed by atoms with van der Waals surface area (Å²) in [7, 11) is 0. The van der Waals surface area contributed by atoms with Crippen LogP contribution in [0.1, 0.15) is 36.0 Å². The van der Waals surface area contributed by atoms with Crippen molar-refractivity contribution in [1.29, 1.82) is 0 Å².